The summed E-state index contributed by atoms with van der Waals surface area (Å²) < 4.78 is 0. The Labute approximate surface area is 126 Å². The fraction of sp³-hybridized carbons (Fsp3) is 0.647. The second-order valence-electron chi connectivity index (χ2n) is 7.56. The Balaban J connectivity index is 1.84. The maximum absolute atomic E-state index is 10.8. The predicted octanol–water partition coefficient (Wildman–Crippen LogP) is 4.53. The first-order chi connectivity index (χ1) is 9.75. The second-order valence-corrected chi connectivity index (χ2v) is 7.56. The molecule has 4 heteroatoms. The monoisotopic (exact) mass is 288 g/mol. The van der Waals surface area contributed by atoms with Crippen LogP contribution < -0.4 is 5.32 Å². The van der Waals surface area contributed by atoms with Gasteiger partial charge in [0.1, 0.15) is 0 Å². The van der Waals surface area contributed by atoms with Crippen molar-refractivity contribution in [3.63, 3.8) is 0 Å². The van der Waals surface area contributed by atoms with Crippen molar-refractivity contribution in [3.05, 3.63) is 33.9 Å². The Hall–Kier alpha value is -1.58. The minimum Gasteiger partial charge on any atom is -0.382 e. The smallest absolute Gasteiger partial charge is 0.269 e. The highest BCUT2D eigenvalue weighted by Crippen LogP contribution is 2.65. The zero-order valence-corrected chi connectivity index (χ0v) is 13.3. The number of nitrogens with zero attached hydrogens (tertiary/aromatic N) is 1. The molecule has 1 aromatic rings. The van der Waals surface area contributed by atoms with Crippen LogP contribution in [0.3, 0.4) is 0 Å². The van der Waals surface area contributed by atoms with Crippen LogP contribution in [-0.4, -0.2) is 11.0 Å². The third kappa shape index (κ3) is 1.95. The van der Waals surface area contributed by atoms with Gasteiger partial charge in [-0.15, -0.1) is 0 Å². The van der Waals surface area contributed by atoms with E-state index >= 15 is 0 Å². The van der Waals surface area contributed by atoms with Gasteiger partial charge < -0.3 is 5.32 Å². The average Bonchev–Trinajstić information content (AvgIpc) is 2.74. The molecule has 3 atom stereocenters. The Morgan fingerprint density at radius 1 is 1.33 bits per heavy atom. The maximum atomic E-state index is 10.8. The first-order valence-electron chi connectivity index (χ1n) is 7.77. The first kappa shape index (κ1) is 14.4. The largest absolute Gasteiger partial charge is 0.382 e. The fourth-order valence-corrected chi connectivity index (χ4v) is 4.53. The Morgan fingerprint density at radius 3 is 2.52 bits per heavy atom. The number of hydrogen-bond donors (Lipinski definition) is 1. The molecule has 0 saturated heterocycles. The van der Waals surface area contributed by atoms with Crippen molar-refractivity contribution < 1.29 is 4.92 Å². The summed E-state index contributed by atoms with van der Waals surface area (Å²) in [6, 6.07) is 5.57. The molecule has 114 valence electrons. The van der Waals surface area contributed by atoms with E-state index in [2.05, 4.69) is 26.1 Å². The molecule has 1 N–H and O–H groups in total. The van der Waals surface area contributed by atoms with Gasteiger partial charge in [0.05, 0.1) is 4.92 Å². The van der Waals surface area contributed by atoms with Crippen LogP contribution in [0.1, 0.15) is 45.6 Å². The Morgan fingerprint density at radius 2 is 2.05 bits per heavy atom. The van der Waals surface area contributed by atoms with Gasteiger partial charge in [0, 0.05) is 23.9 Å². The Bertz CT molecular complexity index is 596. The molecule has 4 nitrogen and oxygen atoms in total. The molecule has 0 heterocycles. The Kier molecular flexibility index (Phi) is 3.05. The molecule has 1 aromatic carbocycles. The van der Waals surface area contributed by atoms with Crippen molar-refractivity contribution in [3.8, 4) is 0 Å². The summed E-state index contributed by atoms with van der Waals surface area (Å²) in [5.74, 6) is 0.790. The van der Waals surface area contributed by atoms with Gasteiger partial charge in [-0.3, -0.25) is 10.1 Å². The van der Waals surface area contributed by atoms with Crippen molar-refractivity contribution in [1.82, 2.24) is 0 Å². The standard InChI is InChI=1S/C17H24N2O2/c1-11-9-13(19(20)21)5-6-14(11)18-15-10-12-7-8-17(15,4)16(12,2)3/h5-6,9,12,15,18H,7-8,10H2,1-4H3. The van der Waals surface area contributed by atoms with E-state index in [1.54, 1.807) is 12.1 Å². The van der Waals surface area contributed by atoms with E-state index in [0.717, 1.165) is 17.2 Å². The van der Waals surface area contributed by atoms with Crippen LogP contribution in [-0.2, 0) is 0 Å². The van der Waals surface area contributed by atoms with Gasteiger partial charge in [-0.1, -0.05) is 20.8 Å². The number of non-ortho nitro benzene ring substituents is 1. The number of anilines is 1. The van der Waals surface area contributed by atoms with E-state index in [1.165, 1.54) is 19.3 Å². The molecule has 2 aliphatic rings. The molecule has 2 bridgehead atoms. The number of nitro benzene ring substituents is 1. The van der Waals surface area contributed by atoms with Crippen molar-refractivity contribution in [2.75, 3.05) is 5.32 Å². The minimum atomic E-state index is -0.335. The van der Waals surface area contributed by atoms with Crippen molar-refractivity contribution in [2.45, 2.75) is 53.0 Å². The number of nitrogens with one attached hydrogen (secondary N) is 1. The number of benzene rings is 1. The molecule has 3 unspecified atom stereocenters. The number of rotatable bonds is 3. The highest BCUT2D eigenvalue weighted by molar-refractivity contribution is 5.56. The predicted molar refractivity (Wildman–Crippen MR) is 84.5 cm³/mol. The molecule has 2 saturated carbocycles. The van der Waals surface area contributed by atoms with E-state index in [9.17, 15) is 10.1 Å². The lowest BCUT2D eigenvalue weighted by atomic mass is 9.69. The summed E-state index contributed by atoms with van der Waals surface area (Å²) in [5.41, 5.74) is 2.84. The lowest BCUT2D eigenvalue weighted by Gasteiger charge is -2.40. The molecular weight excluding hydrogens is 264 g/mol. The number of nitro groups is 1. The van der Waals surface area contributed by atoms with Gasteiger partial charge in [-0.25, -0.2) is 0 Å². The molecule has 0 aromatic heterocycles. The van der Waals surface area contributed by atoms with Crippen LogP contribution in [0.15, 0.2) is 18.2 Å². The molecular formula is C17H24N2O2. The molecule has 0 aliphatic heterocycles. The maximum Gasteiger partial charge on any atom is 0.269 e. The first-order valence-corrected chi connectivity index (χ1v) is 7.77. The number of fused-ring (bicyclic) bond motifs is 2. The summed E-state index contributed by atoms with van der Waals surface area (Å²) >= 11 is 0. The highest BCUT2D eigenvalue weighted by Gasteiger charge is 2.61. The van der Waals surface area contributed by atoms with E-state index < -0.39 is 0 Å². The lowest BCUT2D eigenvalue weighted by Crippen LogP contribution is -2.40. The van der Waals surface area contributed by atoms with Gasteiger partial charge in [-0.2, -0.15) is 0 Å². The summed E-state index contributed by atoms with van der Waals surface area (Å²) in [5, 5.41) is 14.5. The molecule has 0 amide bonds. The molecule has 3 rings (SSSR count). The van der Waals surface area contributed by atoms with E-state index in [0.29, 0.717) is 16.9 Å². The van der Waals surface area contributed by atoms with Crippen LogP contribution in [0.25, 0.3) is 0 Å². The zero-order valence-electron chi connectivity index (χ0n) is 13.3. The highest BCUT2D eigenvalue weighted by atomic mass is 16.6. The van der Waals surface area contributed by atoms with Gasteiger partial charge in [0.2, 0.25) is 0 Å². The summed E-state index contributed by atoms with van der Waals surface area (Å²) in [6.07, 6.45) is 3.81. The average molecular weight is 288 g/mol. The molecule has 2 aliphatic carbocycles. The topological polar surface area (TPSA) is 55.2 Å². The normalized spacial score (nSPS) is 33.1. The summed E-state index contributed by atoms with van der Waals surface area (Å²) in [7, 11) is 0. The van der Waals surface area contributed by atoms with Crippen LogP contribution in [0.5, 0.6) is 0 Å². The summed E-state index contributed by atoms with van der Waals surface area (Å²) in [6.45, 7) is 9.14. The van der Waals surface area contributed by atoms with E-state index in [4.69, 9.17) is 0 Å². The molecule has 2 fully saturated rings. The van der Waals surface area contributed by atoms with Gasteiger partial charge >= 0.3 is 0 Å². The van der Waals surface area contributed by atoms with Crippen LogP contribution in [0.4, 0.5) is 11.4 Å². The van der Waals surface area contributed by atoms with Crippen molar-refractivity contribution in [1.29, 1.82) is 0 Å². The van der Waals surface area contributed by atoms with Crippen LogP contribution in [0.2, 0.25) is 0 Å². The van der Waals surface area contributed by atoms with Crippen LogP contribution in [0, 0.1) is 33.8 Å². The molecule has 0 spiro atoms. The molecule has 0 radical (unpaired) electrons. The minimum absolute atomic E-state index is 0.164. The van der Waals surface area contributed by atoms with Crippen molar-refractivity contribution >= 4 is 11.4 Å². The third-order valence-electron chi connectivity index (χ3n) is 6.54. The zero-order chi connectivity index (χ0) is 15.4. The second kappa shape index (κ2) is 4.46. The number of aryl methyl sites for hydroxylation is 1. The SMILES string of the molecule is Cc1cc([N+](=O)[O-])ccc1NC1CC2CCC1(C)C2(C)C. The lowest BCUT2D eigenvalue weighted by molar-refractivity contribution is -0.384. The van der Waals surface area contributed by atoms with Gasteiger partial charge in [-0.05, 0) is 54.6 Å². The fourth-order valence-electron chi connectivity index (χ4n) is 4.53. The van der Waals surface area contributed by atoms with E-state index in [-0.39, 0.29) is 10.6 Å². The van der Waals surface area contributed by atoms with Crippen molar-refractivity contribution in [2.24, 2.45) is 16.7 Å². The summed E-state index contributed by atoms with van der Waals surface area (Å²) in [4.78, 5) is 10.5. The number of hydrogen-bond acceptors (Lipinski definition) is 3. The quantitative estimate of drug-likeness (QED) is 0.656. The van der Waals surface area contributed by atoms with E-state index in [1.807, 2.05) is 13.0 Å². The van der Waals surface area contributed by atoms with Gasteiger partial charge in [0.25, 0.3) is 5.69 Å². The third-order valence-corrected chi connectivity index (χ3v) is 6.54. The molecule has 21 heavy (non-hydrogen) atoms. The van der Waals surface area contributed by atoms with Gasteiger partial charge in [0.15, 0.2) is 0 Å². The van der Waals surface area contributed by atoms with Crippen LogP contribution >= 0.6 is 0 Å².